The van der Waals surface area contributed by atoms with E-state index in [1.165, 1.54) is 60.7 Å². The number of alkyl carbamates (subject to hydrolysis) is 1. The van der Waals surface area contributed by atoms with Gasteiger partial charge in [-0.05, 0) is 65.8 Å². The lowest BCUT2D eigenvalue weighted by molar-refractivity contribution is -0.218. The third-order valence-corrected chi connectivity index (χ3v) is 10.1. The molecule has 2 heterocycles. The van der Waals surface area contributed by atoms with Crippen LogP contribution in [0.4, 0.5) is 39.9 Å². The maximum absolute atomic E-state index is 14.9. The van der Waals surface area contributed by atoms with Crippen molar-refractivity contribution in [1.82, 2.24) is 30.3 Å². The molecule has 55 heavy (non-hydrogen) atoms. The predicted octanol–water partition coefficient (Wildman–Crippen LogP) is 8.61. The number of nitrogens with one attached hydrogen (secondary N) is 3. The van der Waals surface area contributed by atoms with Gasteiger partial charge in [0.05, 0.1) is 16.5 Å². The lowest BCUT2D eigenvalue weighted by Crippen LogP contribution is -2.50. The molecule has 0 radical (unpaired) electrons. The first-order valence-corrected chi connectivity index (χ1v) is 17.0. The quantitative estimate of drug-likeness (QED) is 0.123. The number of guanidine groups is 1. The van der Waals surface area contributed by atoms with Crippen LogP contribution in [-0.2, 0) is 15.1 Å². The molecule has 1 aliphatic heterocycles. The summed E-state index contributed by atoms with van der Waals surface area (Å²) in [7, 11) is 0. The van der Waals surface area contributed by atoms with Crippen LogP contribution in [0.1, 0.15) is 56.8 Å². The molecule has 2 atom stereocenters. The van der Waals surface area contributed by atoms with Gasteiger partial charge in [-0.15, -0.1) is 0 Å². The van der Waals surface area contributed by atoms with Gasteiger partial charge in [0.25, 0.3) is 12.3 Å². The molecule has 292 valence electrons. The van der Waals surface area contributed by atoms with Crippen molar-refractivity contribution in [3.63, 3.8) is 0 Å². The summed E-state index contributed by atoms with van der Waals surface area (Å²) in [5, 5.41) is 17.1. The van der Waals surface area contributed by atoms with Crippen molar-refractivity contribution < 1.29 is 49.4 Å². The molecule has 1 saturated heterocycles. The normalized spacial score (nSPS) is 18.8. The molecule has 2 aliphatic rings. The number of carbonyl (C=O) groups excluding carboxylic acids is 2. The van der Waals surface area contributed by atoms with Crippen LogP contribution in [0.15, 0.2) is 73.1 Å². The molecule has 1 aliphatic carbocycles. The Balaban J connectivity index is 1.44. The second-order valence-corrected chi connectivity index (χ2v) is 14.3. The summed E-state index contributed by atoms with van der Waals surface area (Å²) in [5.41, 5.74) is -5.92. The van der Waals surface area contributed by atoms with E-state index >= 15 is 0 Å². The number of hydrogen-bond donors (Lipinski definition) is 3. The first kappa shape index (κ1) is 39.4. The fourth-order valence-electron chi connectivity index (χ4n) is 6.47. The number of aromatic nitrogens is 3. The molecule has 1 saturated carbocycles. The summed E-state index contributed by atoms with van der Waals surface area (Å²) in [5.74, 6) is -2.78. The highest BCUT2D eigenvalue weighted by Crippen LogP contribution is 2.49. The Morgan fingerprint density at radius 2 is 1.73 bits per heavy atom. The Morgan fingerprint density at radius 3 is 2.33 bits per heavy atom. The predicted molar refractivity (Wildman–Crippen MR) is 183 cm³/mol. The van der Waals surface area contributed by atoms with E-state index in [9.17, 15) is 44.7 Å². The zero-order chi connectivity index (χ0) is 40.1. The van der Waals surface area contributed by atoms with Crippen molar-refractivity contribution in [3.8, 4) is 22.5 Å². The second kappa shape index (κ2) is 14.4. The Hall–Kier alpha value is -5.26. The number of alkyl halides is 7. The van der Waals surface area contributed by atoms with Gasteiger partial charge < -0.3 is 15.4 Å². The third-order valence-electron chi connectivity index (χ3n) is 9.78. The standard InChI is InChI=1S/C36H32ClF8N7O3/c1-33(2,36(43,44)45)17-35(22-9-6-19(7-10-22)20-4-3-5-23(38)14-20)29(53)51(31(46)49-35)26(16-55-32(54)50-34(12-13-34)28(39)40)21-8-11-25(37)24(15-21)27-47-18-48-52(27)30(41)42/h3-11,14-15,18,26,28,30H,12-13,16-17H2,1-2H3,(H2,46,49)(H,50,54)/t26-,35-/m1/s1. The van der Waals surface area contributed by atoms with E-state index in [-0.39, 0.29) is 39.2 Å². The van der Waals surface area contributed by atoms with E-state index in [0.29, 0.717) is 11.1 Å². The fourth-order valence-corrected chi connectivity index (χ4v) is 6.67. The minimum Gasteiger partial charge on any atom is -0.447 e. The zero-order valence-electron chi connectivity index (χ0n) is 28.9. The monoisotopic (exact) mass is 797 g/mol. The first-order chi connectivity index (χ1) is 25.8. The fraction of sp³-hybridized carbons (Fsp3) is 0.361. The molecule has 4 aromatic rings. The Morgan fingerprint density at radius 1 is 1.04 bits per heavy atom. The van der Waals surface area contributed by atoms with Crippen LogP contribution in [0.5, 0.6) is 0 Å². The Labute approximate surface area is 313 Å². The molecule has 3 N–H and O–H groups in total. The molecule has 1 aromatic heterocycles. The highest BCUT2D eigenvalue weighted by atomic mass is 35.5. The molecule has 19 heteroatoms. The van der Waals surface area contributed by atoms with Crippen LogP contribution in [-0.4, -0.2) is 62.4 Å². The Kier molecular flexibility index (Phi) is 10.3. The topological polar surface area (TPSA) is 125 Å². The van der Waals surface area contributed by atoms with Crippen LogP contribution in [0.2, 0.25) is 5.02 Å². The minimum absolute atomic E-state index is 0.00548. The van der Waals surface area contributed by atoms with E-state index in [2.05, 4.69) is 20.7 Å². The summed E-state index contributed by atoms with van der Waals surface area (Å²) >= 11 is 6.37. The van der Waals surface area contributed by atoms with Crippen molar-refractivity contribution >= 4 is 29.6 Å². The van der Waals surface area contributed by atoms with Gasteiger partial charge >= 0.3 is 18.8 Å². The Bertz CT molecular complexity index is 2110. The third kappa shape index (κ3) is 7.55. The molecule has 10 nitrogen and oxygen atoms in total. The summed E-state index contributed by atoms with van der Waals surface area (Å²) in [6.07, 6.45) is -9.27. The highest BCUT2D eigenvalue weighted by molar-refractivity contribution is 6.33. The van der Waals surface area contributed by atoms with Gasteiger partial charge in [-0.1, -0.05) is 67.9 Å². The smallest absolute Gasteiger partial charge is 0.407 e. The molecular formula is C36H32ClF8N7O3. The summed E-state index contributed by atoms with van der Waals surface area (Å²) in [6, 6.07) is 13.4. The van der Waals surface area contributed by atoms with E-state index < -0.39 is 84.3 Å². The average molecular weight is 798 g/mol. The summed E-state index contributed by atoms with van der Waals surface area (Å²) < 4.78 is 118. The van der Waals surface area contributed by atoms with E-state index in [1.807, 2.05) is 0 Å². The second-order valence-electron chi connectivity index (χ2n) is 13.9. The molecular weight excluding hydrogens is 766 g/mol. The number of halogens is 9. The van der Waals surface area contributed by atoms with Crippen LogP contribution in [0, 0.1) is 16.6 Å². The summed E-state index contributed by atoms with van der Waals surface area (Å²) in [4.78, 5) is 32.3. The van der Waals surface area contributed by atoms with Gasteiger partial charge in [0.15, 0.2) is 11.8 Å². The SMILES string of the molecule is CC(C)(C[C@]1(c2ccc(-c3cccc(F)c3)cc2)NC(=N)N([C@H](COC(=O)NC2(C(F)F)CC2)c2ccc(Cl)c(-c3ncnn3C(F)F)c2)C1=O)C(F)(F)F. The van der Waals surface area contributed by atoms with Crippen molar-refractivity contribution in [1.29, 1.82) is 5.41 Å². The van der Waals surface area contributed by atoms with Crippen molar-refractivity contribution in [2.75, 3.05) is 6.61 Å². The molecule has 0 unspecified atom stereocenters. The molecule has 2 fully saturated rings. The molecule has 6 rings (SSSR count). The lowest BCUT2D eigenvalue weighted by atomic mass is 9.73. The maximum Gasteiger partial charge on any atom is 0.407 e. The number of carbonyl (C=O) groups is 2. The van der Waals surface area contributed by atoms with Crippen LogP contribution in [0.3, 0.4) is 0 Å². The van der Waals surface area contributed by atoms with Gasteiger partial charge in [-0.25, -0.2) is 22.9 Å². The number of nitrogens with zero attached hydrogens (tertiary/aromatic N) is 4. The zero-order valence-corrected chi connectivity index (χ0v) is 29.7. The highest BCUT2D eigenvalue weighted by Gasteiger charge is 2.60. The van der Waals surface area contributed by atoms with Crippen LogP contribution in [0.25, 0.3) is 22.5 Å². The summed E-state index contributed by atoms with van der Waals surface area (Å²) in [6.45, 7) is -2.25. The van der Waals surface area contributed by atoms with Gasteiger partial charge in [-0.3, -0.25) is 15.1 Å². The van der Waals surface area contributed by atoms with Gasteiger partial charge in [0, 0.05) is 5.56 Å². The van der Waals surface area contributed by atoms with Gasteiger partial charge in [0.1, 0.15) is 29.8 Å². The number of amides is 2. The van der Waals surface area contributed by atoms with E-state index in [4.69, 9.17) is 21.7 Å². The van der Waals surface area contributed by atoms with E-state index in [0.717, 1.165) is 25.1 Å². The molecule has 0 bridgehead atoms. The number of ether oxygens (including phenoxy) is 1. The van der Waals surface area contributed by atoms with Crippen LogP contribution < -0.4 is 10.6 Å². The number of rotatable bonds is 12. The largest absolute Gasteiger partial charge is 0.447 e. The maximum atomic E-state index is 14.9. The van der Waals surface area contributed by atoms with Gasteiger partial charge in [-0.2, -0.15) is 31.7 Å². The first-order valence-electron chi connectivity index (χ1n) is 16.6. The minimum atomic E-state index is -4.85. The average Bonchev–Trinajstić information content (AvgIpc) is 3.65. The van der Waals surface area contributed by atoms with E-state index in [1.54, 1.807) is 6.07 Å². The van der Waals surface area contributed by atoms with Crippen LogP contribution >= 0.6 is 11.6 Å². The van der Waals surface area contributed by atoms with Crippen molar-refractivity contribution in [2.45, 2.75) is 69.4 Å². The number of benzene rings is 3. The number of hydrogen-bond acceptors (Lipinski definition) is 6. The molecule has 0 spiro atoms. The van der Waals surface area contributed by atoms with Crippen molar-refractivity contribution in [2.24, 2.45) is 5.41 Å². The van der Waals surface area contributed by atoms with Gasteiger partial charge in [0.2, 0.25) is 0 Å². The van der Waals surface area contributed by atoms with Crippen molar-refractivity contribution in [3.05, 3.63) is 95.0 Å². The lowest BCUT2D eigenvalue weighted by Gasteiger charge is -2.37. The molecule has 2 amide bonds. The molecule has 3 aromatic carbocycles.